The van der Waals surface area contributed by atoms with Crippen molar-refractivity contribution in [2.24, 2.45) is 5.41 Å². The third-order valence-corrected chi connectivity index (χ3v) is 6.33. The van der Waals surface area contributed by atoms with Crippen molar-refractivity contribution in [3.8, 4) is 0 Å². The van der Waals surface area contributed by atoms with Crippen molar-refractivity contribution in [2.75, 3.05) is 13.1 Å². The minimum Gasteiger partial charge on any atom is -0.341 e. The molecule has 160 valence electrons. The number of nitrogens with zero attached hydrogens (tertiary/aromatic N) is 2. The maximum absolute atomic E-state index is 13.2. The highest BCUT2D eigenvalue weighted by atomic mass is 32.1. The maximum atomic E-state index is 13.2. The van der Waals surface area contributed by atoms with E-state index in [0.717, 1.165) is 43.5 Å². The number of likely N-dealkylation sites (tertiary alicyclic amines) is 1. The Bertz CT molecular complexity index is 1110. The fourth-order valence-electron chi connectivity index (χ4n) is 3.41. The molecular weight excluding hydrogens is 396 g/mol. The number of amides is 1. The quantitative estimate of drug-likeness (QED) is 0.755. The van der Waals surface area contributed by atoms with Crippen LogP contribution in [0.1, 0.15) is 51.2 Å². The summed E-state index contributed by atoms with van der Waals surface area (Å²) in [6, 6.07) is 7.90. The summed E-state index contributed by atoms with van der Waals surface area (Å²) in [5, 5.41) is 0. The van der Waals surface area contributed by atoms with Gasteiger partial charge >= 0.3 is 0 Å². The second-order valence-electron chi connectivity index (χ2n) is 8.95. The van der Waals surface area contributed by atoms with E-state index < -0.39 is 5.41 Å². The molecule has 0 radical (unpaired) electrons. The molecule has 3 rings (SSSR count). The lowest BCUT2D eigenvalue weighted by molar-refractivity contribution is -0.132. The Hall–Kier alpha value is -2.47. The van der Waals surface area contributed by atoms with Crippen LogP contribution in [0.3, 0.4) is 0 Å². The normalized spacial score (nSPS) is 16.2. The van der Waals surface area contributed by atoms with Crippen molar-refractivity contribution in [2.45, 2.75) is 53.5 Å². The highest BCUT2D eigenvalue weighted by Gasteiger charge is 2.21. The molecule has 1 fully saturated rings. The van der Waals surface area contributed by atoms with Gasteiger partial charge in [0.25, 0.3) is 5.56 Å². The van der Waals surface area contributed by atoms with Crippen LogP contribution in [0.4, 0.5) is 0 Å². The number of rotatable bonds is 4. The molecule has 1 aromatic carbocycles. The van der Waals surface area contributed by atoms with Crippen LogP contribution in [-0.4, -0.2) is 34.2 Å². The van der Waals surface area contributed by atoms with E-state index in [0.29, 0.717) is 9.20 Å². The number of hydrogen-bond acceptors (Lipinski definition) is 4. The SMILES string of the molecule is Cc1cccc(/C=c2\s/c(=C\C(=O)C(C)(C)C)n(CC(=O)N3CCCCC3)c2=O)c1. The largest absolute Gasteiger partial charge is 0.341 e. The summed E-state index contributed by atoms with van der Waals surface area (Å²) < 4.78 is 2.52. The molecule has 5 nitrogen and oxygen atoms in total. The van der Waals surface area contributed by atoms with Gasteiger partial charge in [-0.15, -0.1) is 11.3 Å². The Kier molecular flexibility index (Phi) is 6.76. The molecule has 1 aliphatic heterocycles. The van der Waals surface area contributed by atoms with Crippen LogP contribution in [0.15, 0.2) is 29.1 Å². The standard InChI is InChI=1S/C24H30N2O3S/c1-17-9-8-10-18(13-17)14-19-23(29)26(16-21(28)25-11-6-5-7-12-25)22(30-19)15-20(27)24(2,3)4/h8-10,13-15H,5-7,11-12,16H2,1-4H3/b19-14-,22-15-. The summed E-state index contributed by atoms with van der Waals surface area (Å²) in [7, 11) is 0. The Labute approximate surface area is 181 Å². The molecule has 30 heavy (non-hydrogen) atoms. The van der Waals surface area contributed by atoms with Crippen LogP contribution in [0.2, 0.25) is 0 Å². The third-order valence-electron chi connectivity index (χ3n) is 5.27. The predicted molar refractivity (Wildman–Crippen MR) is 122 cm³/mol. The van der Waals surface area contributed by atoms with Crippen molar-refractivity contribution in [3.05, 3.63) is 54.9 Å². The summed E-state index contributed by atoms with van der Waals surface area (Å²) in [5.74, 6) is -0.125. The number of benzene rings is 1. The van der Waals surface area contributed by atoms with Gasteiger partial charge in [-0.25, -0.2) is 0 Å². The van der Waals surface area contributed by atoms with Gasteiger partial charge in [0, 0.05) is 24.6 Å². The van der Waals surface area contributed by atoms with Crippen LogP contribution >= 0.6 is 11.3 Å². The molecule has 6 heteroatoms. The fraction of sp³-hybridized carbons (Fsp3) is 0.458. The zero-order valence-corrected chi connectivity index (χ0v) is 19.1. The van der Waals surface area contributed by atoms with E-state index in [2.05, 4.69) is 0 Å². The number of hydrogen-bond donors (Lipinski definition) is 0. The van der Waals surface area contributed by atoms with E-state index in [1.807, 2.05) is 62.9 Å². The minimum atomic E-state index is -0.553. The molecule has 1 amide bonds. The van der Waals surface area contributed by atoms with E-state index >= 15 is 0 Å². The average molecular weight is 427 g/mol. The molecule has 0 bridgehead atoms. The van der Waals surface area contributed by atoms with Crippen molar-refractivity contribution in [1.29, 1.82) is 0 Å². The number of aromatic nitrogens is 1. The lowest BCUT2D eigenvalue weighted by atomic mass is 9.91. The van der Waals surface area contributed by atoms with Crippen LogP contribution in [0.25, 0.3) is 12.2 Å². The van der Waals surface area contributed by atoms with Crippen molar-refractivity contribution < 1.29 is 9.59 Å². The summed E-state index contributed by atoms with van der Waals surface area (Å²) in [6.07, 6.45) is 6.48. The Balaban J connectivity index is 2.07. The molecule has 2 aromatic rings. The fourth-order valence-corrected chi connectivity index (χ4v) is 4.45. The summed E-state index contributed by atoms with van der Waals surface area (Å²) in [4.78, 5) is 40.5. The summed E-state index contributed by atoms with van der Waals surface area (Å²) in [5.41, 5.74) is 1.26. The first-order valence-corrected chi connectivity index (χ1v) is 11.3. The van der Waals surface area contributed by atoms with E-state index in [1.165, 1.54) is 22.0 Å². The Morgan fingerprint density at radius 1 is 1.13 bits per heavy atom. The minimum absolute atomic E-state index is 0.0275. The molecule has 1 saturated heterocycles. The molecule has 0 unspecified atom stereocenters. The third kappa shape index (κ3) is 5.36. The highest BCUT2D eigenvalue weighted by molar-refractivity contribution is 7.07. The number of thiazole rings is 1. The van der Waals surface area contributed by atoms with Gasteiger partial charge in [0.15, 0.2) is 5.78 Å². The van der Waals surface area contributed by atoms with Gasteiger partial charge in [-0.05, 0) is 37.8 Å². The van der Waals surface area contributed by atoms with Crippen molar-refractivity contribution in [1.82, 2.24) is 9.47 Å². The lowest BCUT2D eigenvalue weighted by Gasteiger charge is -2.26. The topological polar surface area (TPSA) is 59.4 Å². The second kappa shape index (κ2) is 9.13. The number of piperidine rings is 1. The smallest absolute Gasteiger partial charge is 0.269 e. The highest BCUT2D eigenvalue weighted by Crippen LogP contribution is 2.15. The van der Waals surface area contributed by atoms with Crippen LogP contribution < -0.4 is 14.8 Å². The molecular formula is C24H30N2O3S. The first kappa shape index (κ1) is 22.2. The van der Waals surface area contributed by atoms with E-state index in [1.54, 1.807) is 0 Å². The summed E-state index contributed by atoms with van der Waals surface area (Å²) in [6.45, 7) is 8.99. The van der Waals surface area contributed by atoms with Crippen LogP contribution in [0.5, 0.6) is 0 Å². The molecule has 0 spiro atoms. The second-order valence-corrected chi connectivity index (χ2v) is 10.0. The first-order chi connectivity index (χ1) is 14.1. The Morgan fingerprint density at radius 3 is 2.47 bits per heavy atom. The van der Waals surface area contributed by atoms with Gasteiger partial charge in [-0.1, -0.05) is 50.6 Å². The van der Waals surface area contributed by atoms with Gasteiger partial charge < -0.3 is 4.90 Å². The van der Waals surface area contributed by atoms with Gasteiger partial charge in [-0.3, -0.25) is 19.0 Å². The molecule has 0 aliphatic carbocycles. The zero-order valence-electron chi connectivity index (χ0n) is 18.2. The first-order valence-electron chi connectivity index (χ1n) is 10.5. The molecule has 1 aliphatic rings. The van der Waals surface area contributed by atoms with Crippen molar-refractivity contribution in [3.63, 3.8) is 0 Å². The predicted octanol–water partition coefficient (Wildman–Crippen LogP) is 2.46. The van der Waals surface area contributed by atoms with Gasteiger partial charge in [0.05, 0.1) is 4.53 Å². The van der Waals surface area contributed by atoms with Crippen molar-refractivity contribution >= 4 is 35.2 Å². The molecule has 2 heterocycles. The monoisotopic (exact) mass is 426 g/mol. The number of carbonyl (C=O) groups is 2. The number of ketones is 1. The van der Waals surface area contributed by atoms with Crippen LogP contribution in [0, 0.1) is 12.3 Å². The van der Waals surface area contributed by atoms with Gasteiger partial charge in [-0.2, -0.15) is 0 Å². The molecule has 1 aromatic heterocycles. The number of carbonyl (C=O) groups excluding carboxylic acids is 2. The molecule has 0 atom stereocenters. The lowest BCUT2D eigenvalue weighted by Crippen LogP contribution is -2.42. The number of aryl methyl sites for hydroxylation is 1. The van der Waals surface area contributed by atoms with Gasteiger partial charge in [0.2, 0.25) is 5.91 Å². The van der Waals surface area contributed by atoms with E-state index in [-0.39, 0.29) is 23.8 Å². The Morgan fingerprint density at radius 2 is 1.83 bits per heavy atom. The van der Waals surface area contributed by atoms with E-state index in [4.69, 9.17) is 0 Å². The summed E-state index contributed by atoms with van der Waals surface area (Å²) >= 11 is 1.27. The van der Waals surface area contributed by atoms with E-state index in [9.17, 15) is 14.4 Å². The average Bonchev–Trinajstić information content (AvgIpc) is 2.96. The number of Topliss-reactive ketones (excluding diaryl/α,β-unsaturated/α-hetero) is 1. The van der Waals surface area contributed by atoms with Gasteiger partial charge in [0.1, 0.15) is 11.2 Å². The molecule has 0 N–H and O–H groups in total. The maximum Gasteiger partial charge on any atom is 0.269 e. The molecule has 0 saturated carbocycles. The van der Waals surface area contributed by atoms with Crippen LogP contribution in [-0.2, 0) is 16.1 Å². The zero-order chi connectivity index (χ0) is 21.9.